The van der Waals surface area contributed by atoms with Crippen LogP contribution in [0.1, 0.15) is 39.6 Å². The zero-order valence-electron chi connectivity index (χ0n) is 15.9. The molecule has 0 atom stereocenters. The molecule has 1 N–H and O–H groups in total. The van der Waals surface area contributed by atoms with Gasteiger partial charge in [-0.3, -0.25) is 9.59 Å². The summed E-state index contributed by atoms with van der Waals surface area (Å²) in [5.41, 5.74) is 1.92. The number of carbonyl (C=O) groups excluding carboxylic acids is 2. The molecule has 8 heteroatoms. The molecule has 0 radical (unpaired) electrons. The Kier molecular flexibility index (Phi) is 5.29. The average molecular weight is 384 g/mol. The number of hydrogen-bond donors (Lipinski definition) is 1. The van der Waals surface area contributed by atoms with Crippen LogP contribution in [0, 0.1) is 0 Å². The molecule has 2 aromatic rings. The number of aromatic nitrogens is 2. The number of nitrogens with zero attached hydrogens (tertiary/aromatic N) is 3. The second kappa shape index (κ2) is 8.02. The first-order chi connectivity index (χ1) is 13.7. The molecular weight excluding hydrogens is 360 g/mol. The monoisotopic (exact) mass is 384 g/mol. The molecule has 2 amide bonds. The van der Waals surface area contributed by atoms with Crippen molar-refractivity contribution in [2.75, 3.05) is 38.7 Å². The molecule has 0 aliphatic carbocycles. The Labute approximate surface area is 163 Å². The Morgan fingerprint density at radius 1 is 1.11 bits per heavy atom. The van der Waals surface area contributed by atoms with Gasteiger partial charge in [0.25, 0.3) is 11.8 Å². The third kappa shape index (κ3) is 3.60. The maximum atomic E-state index is 13.0. The predicted octanol–water partition coefficient (Wildman–Crippen LogP) is 1.95. The van der Waals surface area contributed by atoms with E-state index in [1.54, 1.807) is 36.3 Å². The van der Waals surface area contributed by atoms with Crippen molar-refractivity contribution < 1.29 is 19.1 Å². The first kappa shape index (κ1) is 18.5. The van der Waals surface area contributed by atoms with Gasteiger partial charge in [-0.25, -0.2) is 4.98 Å². The van der Waals surface area contributed by atoms with Crippen molar-refractivity contribution in [1.29, 1.82) is 0 Å². The van der Waals surface area contributed by atoms with E-state index in [9.17, 15) is 9.59 Å². The number of anilines is 1. The number of amides is 2. The summed E-state index contributed by atoms with van der Waals surface area (Å²) >= 11 is 0. The molecule has 1 fully saturated rings. The van der Waals surface area contributed by atoms with Gasteiger partial charge in [-0.2, -0.15) is 0 Å². The lowest BCUT2D eigenvalue weighted by atomic mass is 10.1. The molecular formula is C20H24N4O4. The minimum atomic E-state index is -0.311. The summed E-state index contributed by atoms with van der Waals surface area (Å²) in [4.78, 5) is 32.1. The van der Waals surface area contributed by atoms with Gasteiger partial charge in [0.05, 0.1) is 26.0 Å². The third-order valence-electron chi connectivity index (χ3n) is 5.17. The average Bonchev–Trinajstić information content (AvgIpc) is 3.14. The minimum Gasteiger partial charge on any atom is -0.497 e. The van der Waals surface area contributed by atoms with Gasteiger partial charge < -0.3 is 24.3 Å². The van der Waals surface area contributed by atoms with Crippen LogP contribution >= 0.6 is 0 Å². The van der Waals surface area contributed by atoms with Gasteiger partial charge in [0.2, 0.25) is 0 Å². The number of carbonyl (C=O) groups is 2. The summed E-state index contributed by atoms with van der Waals surface area (Å²) in [6, 6.07) is 7.11. The Hall–Kier alpha value is -2.87. The molecule has 0 unspecified atom stereocenters. The fourth-order valence-electron chi connectivity index (χ4n) is 3.67. The van der Waals surface area contributed by atoms with E-state index in [2.05, 4.69) is 10.3 Å². The Bertz CT molecular complexity index is 869. The summed E-state index contributed by atoms with van der Waals surface area (Å²) < 4.78 is 12.4. The summed E-state index contributed by atoms with van der Waals surface area (Å²) in [6.45, 7) is 2.88. The van der Waals surface area contributed by atoms with Crippen molar-refractivity contribution >= 4 is 17.5 Å². The molecule has 148 valence electrons. The maximum Gasteiger partial charge on any atom is 0.291 e. The molecule has 0 spiro atoms. The maximum absolute atomic E-state index is 13.0. The van der Waals surface area contributed by atoms with Crippen molar-refractivity contribution in [3.05, 3.63) is 41.5 Å². The second-order valence-corrected chi connectivity index (χ2v) is 6.93. The number of imidazole rings is 1. The third-order valence-corrected chi connectivity index (χ3v) is 5.17. The number of hydrogen-bond acceptors (Lipinski definition) is 5. The molecule has 0 bridgehead atoms. The smallest absolute Gasteiger partial charge is 0.291 e. The molecule has 8 nitrogen and oxygen atoms in total. The van der Waals surface area contributed by atoms with Crippen molar-refractivity contribution in [1.82, 2.24) is 14.5 Å². The SMILES string of the molecule is COc1ccc(NC(=O)c2nc(C(=O)N3CCOCC3)c3n2CCCC3)cc1. The predicted molar refractivity (Wildman–Crippen MR) is 103 cm³/mol. The van der Waals surface area contributed by atoms with Gasteiger partial charge >= 0.3 is 0 Å². The van der Waals surface area contributed by atoms with Crippen LogP contribution in [0.15, 0.2) is 24.3 Å². The van der Waals surface area contributed by atoms with Crippen LogP contribution in [0.4, 0.5) is 5.69 Å². The van der Waals surface area contributed by atoms with Crippen LogP contribution in [0.25, 0.3) is 0 Å². The van der Waals surface area contributed by atoms with Crippen molar-refractivity contribution in [3.63, 3.8) is 0 Å². The largest absolute Gasteiger partial charge is 0.497 e. The molecule has 28 heavy (non-hydrogen) atoms. The molecule has 1 aromatic heterocycles. The fraction of sp³-hybridized carbons (Fsp3) is 0.450. The van der Waals surface area contributed by atoms with Crippen molar-refractivity contribution in [3.8, 4) is 5.75 Å². The van der Waals surface area contributed by atoms with Gasteiger partial charge in [0, 0.05) is 25.3 Å². The van der Waals surface area contributed by atoms with E-state index >= 15 is 0 Å². The topological polar surface area (TPSA) is 85.7 Å². The molecule has 1 aromatic carbocycles. The second-order valence-electron chi connectivity index (χ2n) is 6.93. The molecule has 4 rings (SSSR count). The number of benzene rings is 1. The van der Waals surface area contributed by atoms with E-state index in [1.807, 2.05) is 4.57 Å². The van der Waals surface area contributed by atoms with E-state index in [0.29, 0.717) is 50.1 Å². The standard InChI is InChI=1S/C20H24N4O4/c1-27-15-7-5-14(6-8-15)21-19(25)18-22-17(16-4-2-3-9-24(16)18)20(26)23-10-12-28-13-11-23/h5-8H,2-4,9-13H2,1H3,(H,21,25). The Morgan fingerprint density at radius 2 is 1.86 bits per heavy atom. The van der Waals surface area contributed by atoms with E-state index in [-0.39, 0.29) is 11.8 Å². The summed E-state index contributed by atoms with van der Waals surface area (Å²) in [5, 5.41) is 2.87. The fourth-order valence-corrected chi connectivity index (χ4v) is 3.67. The lowest BCUT2D eigenvalue weighted by molar-refractivity contribution is 0.0298. The van der Waals surface area contributed by atoms with E-state index in [4.69, 9.17) is 9.47 Å². The van der Waals surface area contributed by atoms with Gasteiger partial charge in [0.1, 0.15) is 11.4 Å². The number of nitrogens with one attached hydrogen (secondary N) is 1. The zero-order chi connectivity index (χ0) is 19.5. The number of methoxy groups -OCH3 is 1. The van der Waals surface area contributed by atoms with Crippen LogP contribution in [0.3, 0.4) is 0 Å². The molecule has 2 aliphatic rings. The number of ether oxygens (including phenoxy) is 2. The highest BCUT2D eigenvalue weighted by atomic mass is 16.5. The number of morpholine rings is 1. The van der Waals surface area contributed by atoms with E-state index < -0.39 is 0 Å². The Morgan fingerprint density at radius 3 is 2.57 bits per heavy atom. The van der Waals surface area contributed by atoms with Crippen LogP contribution < -0.4 is 10.1 Å². The van der Waals surface area contributed by atoms with E-state index in [1.165, 1.54) is 0 Å². The first-order valence-corrected chi connectivity index (χ1v) is 9.59. The number of fused-ring (bicyclic) bond motifs is 1. The van der Waals surface area contributed by atoms with Gasteiger partial charge in [-0.05, 0) is 43.5 Å². The van der Waals surface area contributed by atoms with Gasteiger partial charge in [-0.1, -0.05) is 0 Å². The number of rotatable bonds is 4. The highest BCUT2D eigenvalue weighted by molar-refractivity contribution is 6.03. The lowest BCUT2D eigenvalue weighted by Gasteiger charge is -2.26. The van der Waals surface area contributed by atoms with Crippen molar-refractivity contribution in [2.45, 2.75) is 25.8 Å². The van der Waals surface area contributed by atoms with Gasteiger partial charge in [0.15, 0.2) is 5.82 Å². The Balaban J connectivity index is 1.60. The molecule has 1 saturated heterocycles. The first-order valence-electron chi connectivity index (χ1n) is 9.59. The van der Waals surface area contributed by atoms with Gasteiger partial charge in [-0.15, -0.1) is 0 Å². The normalized spacial score (nSPS) is 16.4. The molecule has 0 saturated carbocycles. The lowest BCUT2D eigenvalue weighted by Crippen LogP contribution is -2.41. The van der Waals surface area contributed by atoms with E-state index in [0.717, 1.165) is 30.7 Å². The summed E-state index contributed by atoms with van der Waals surface area (Å²) in [5.74, 6) is 0.587. The quantitative estimate of drug-likeness (QED) is 0.871. The van der Waals surface area contributed by atoms with Crippen LogP contribution in [0.2, 0.25) is 0 Å². The zero-order valence-corrected chi connectivity index (χ0v) is 15.9. The molecule has 3 heterocycles. The van der Waals surface area contributed by atoms with Crippen molar-refractivity contribution in [2.24, 2.45) is 0 Å². The highest BCUT2D eigenvalue weighted by Gasteiger charge is 2.30. The summed E-state index contributed by atoms with van der Waals surface area (Å²) in [6.07, 6.45) is 2.72. The van der Waals surface area contributed by atoms with Crippen LogP contribution in [-0.4, -0.2) is 59.7 Å². The van der Waals surface area contributed by atoms with Crippen LogP contribution in [-0.2, 0) is 17.7 Å². The summed E-state index contributed by atoms with van der Waals surface area (Å²) in [7, 11) is 1.59. The highest BCUT2D eigenvalue weighted by Crippen LogP contribution is 2.24. The van der Waals surface area contributed by atoms with Crippen LogP contribution in [0.5, 0.6) is 5.75 Å². The minimum absolute atomic E-state index is 0.113. The molecule has 2 aliphatic heterocycles.